The lowest BCUT2D eigenvalue weighted by atomic mass is 10.8. The molecular formula is C5H8O3. The Morgan fingerprint density at radius 2 is 2.38 bits per heavy atom. The van der Waals surface area contributed by atoms with Gasteiger partial charge in [0.2, 0.25) is 0 Å². The molecule has 0 radical (unpaired) electrons. The third-order valence-electron chi connectivity index (χ3n) is 0.964. The first-order valence-electron chi connectivity index (χ1n) is 2.60. The van der Waals surface area contributed by atoms with Crippen LogP contribution in [0.15, 0.2) is 0 Å². The summed E-state index contributed by atoms with van der Waals surface area (Å²) < 4.78 is 9.22. The van der Waals surface area contributed by atoms with E-state index in [1.54, 1.807) is 0 Å². The molecule has 1 rings (SSSR count). The van der Waals surface area contributed by atoms with Crippen LogP contribution in [0.2, 0.25) is 0 Å². The molecular weight excluding hydrogens is 108 g/mol. The topological polar surface area (TPSA) is 35.5 Å². The predicted octanol–water partition coefficient (Wildman–Crippen LogP) is 0.296. The first kappa shape index (κ1) is 5.56. The molecule has 1 aliphatic rings. The molecule has 8 heavy (non-hydrogen) atoms. The fourth-order valence-electron chi connectivity index (χ4n) is 0.398. The van der Waals surface area contributed by atoms with Crippen molar-refractivity contribution in [2.75, 3.05) is 6.79 Å². The lowest BCUT2D eigenvalue weighted by Crippen LogP contribution is -1.98. The Hall–Kier alpha value is -0.570. The van der Waals surface area contributed by atoms with Gasteiger partial charge in [0.1, 0.15) is 0 Å². The van der Waals surface area contributed by atoms with E-state index in [0.717, 1.165) is 12.8 Å². The van der Waals surface area contributed by atoms with Crippen molar-refractivity contribution in [3.63, 3.8) is 0 Å². The summed E-state index contributed by atoms with van der Waals surface area (Å²) in [7, 11) is 0. The maximum atomic E-state index is 9.50. The highest BCUT2D eigenvalue weighted by Crippen LogP contribution is 2.22. The van der Waals surface area contributed by atoms with Gasteiger partial charge in [0.25, 0.3) is 6.47 Å². The quantitative estimate of drug-likeness (QED) is 0.301. The smallest absolute Gasteiger partial charge is 0.295 e. The maximum Gasteiger partial charge on any atom is 0.295 e. The third kappa shape index (κ3) is 1.93. The number of hydrogen-bond donors (Lipinski definition) is 0. The molecule has 1 aliphatic carbocycles. The van der Waals surface area contributed by atoms with Gasteiger partial charge in [-0.15, -0.1) is 0 Å². The van der Waals surface area contributed by atoms with Gasteiger partial charge < -0.3 is 9.47 Å². The normalized spacial score (nSPS) is 18.0. The third-order valence-corrected chi connectivity index (χ3v) is 0.964. The first-order valence-corrected chi connectivity index (χ1v) is 2.60. The highest BCUT2D eigenvalue weighted by molar-refractivity contribution is 5.36. The van der Waals surface area contributed by atoms with Crippen LogP contribution in [0.25, 0.3) is 0 Å². The lowest BCUT2D eigenvalue weighted by Gasteiger charge is -1.96. The lowest BCUT2D eigenvalue weighted by molar-refractivity contribution is -0.141. The average molecular weight is 116 g/mol. The van der Waals surface area contributed by atoms with E-state index in [9.17, 15) is 4.79 Å². The Bertz CT molecular complexity index is 77.7. The van der Waals surface area contributed by atoms with Crippen molar-refractivity contribution in [1.82, 2.24) is 0 Å². The van der Waals surface area contributed by atoms with Crippen LogP contribution in [0, 0.1) is 0 Å². The van der Waals surface area contributed by atoms with E-state index < -0.39 is 0 Å². The van der Waals surface area contributed by atoms with Crippen molar-refractivity contribution < 1.29 is 14.3 Å². The summed E-state index contributed by atoms with van der Waals surface area (Å²) in [5.41, 5.74) is 0. The molecule has 0 aliphatic heterocycles. The molecule has 0 spiro atoms. The van der Waals surface area contributed by atoms with Crippen LogP contribution in [0.4, 0.5) is 0 Å². The highest BCUT2D eigenvalue weighted by atomic mass is 16.7. The van der Waals surface area contributed by atoms with Gasteiger partial charge in [-0.3, -0.25) is 4.79 Å². The average Bonchev–Trinajstić information content (AvgIpc) is 2.51. The Kier molecular flexibility index (Phi) is 1.86. The molecule has 3 nitrogen and oxygen atoms in total. The van der Waals surface area contributed by atoms with Crippen molar-refractivity contribution in [3.05, 3.63) is 0 Å². The zero-order valence-corrected chi connectivity index (χ0v) is 4.50. The SMILES string of the molecule is O=COCOC1CC1. The van der Waals surface area contributed by atoms with Crippen molar-refractivity contribution in [1.29, 1.82) is 0 Å². The summed E-state index contributed by atoms with van der Waals surface area (Å²) in [5, 5.41) is 0. The Morgan fingerprint density at radius 3 is 2.88 bits per heavy atom. The Balaban J connectivity index is 1.80. The number of rotatable bonds is 4. The molecule has 0 unspecified atom stereocenters. The summed E-state index contributed by atoms with van der Waals surface area (Å²) in [6, 6.07) is 0. The van der Waals surface area contributed by atoms with Gasteiger partial charge in [0.15, 0.2) is 6.79 Å². The number of ether oxygens (including phenoxy) is 2. The van der Waals surface area contributed by atoms with E-state index in [4.69, 9.17) is 4.74 Å². The second-order valence-corrected chi connectivity index (χ2v) is 1.75. The Morgan fingerprint density at radius 1 is 1.62 bits per heavy atom. The molecule has 0 heterocycles. The summed E-state index contributed by atoms with van der Waals surface area (Å²) in [6.07, 6.45) is 2.60. The molecule has 0 atom stereocenters. The summed E-state index contributed by atoms with van der Waals surface area (Å²) in [4.78, 5) is 9.50. The van der Waals surface area contributed by atoms with Crippen LogP contribution in [-0.4, -0.2) is 19.4 Å². The maximum absolute atomic E-state index is 9.50. The van der Waals surface area contributed by atoms with Gasteiger partial charge in [-0.1, -0.05) is 0 Å². The predicted molar refractivity (Wildman–Crippen MR) is 26.1 cm³/mol. The van der Waals surface area contributed by atoms with E-state index in [0.29, 0.717) is 12.6 Å². The largest absolute Gasteiger partial charge is 0.441 e. The summed E-state index contributed by atoms with van der Waals surface area (Å²) in [5.74, 6) is 0. The number of hydrogen-bond acceptors (Lipinski definition) is 3. The van der Waals surface area contributed by atoms with Crippen molar-refractivity contribution in [2.24, 2.45) is 0 Å². The summed E-state index contributed by atoms with van der Waals surface area (Å²) in [6.45, 7) is 0.510. The van der Waals surface area contributed by atoms with Crippen LogP contribution in [-0.2, 0) is 14.3 Å². The molecule has 46 valence electrons. The first-order chi connectivity index (χ1) is 3.93. The van der Waals surface area contributed by atoms with E-state index in [1.807, 2.05) is 0 Å². The van der Waals surface area contributed by atoms with Gasteiger partial charge in [-0.05, 0) is 12.8 Å². The second-order valence-electron chi connectivity index (χ2n) is 1.75. The van der Waals surface area contributed by atoms with Crippen LogP contribution in [0.5, 0.6) is 0 Å². The number of carbonyl (C=O) groups excluding carboxylic acids is 1. The standard InChI is InChI=1S/C5H8O3/c6-3-7-4-8-5-1-2-5/h3,5H,1-2,4H2. The van der Waals surface area contributed by atoms with Gasteiger partial charge in [0.05, 0.1) is 6.10 Å². The molecule has 0 saturated heterocycles. The van der Waals surface area contributed by atoms with Gasteiger partial charge in [-0.2, -0.15) is 0 Å². The van der Waals surface area contributed by atoms with Crippen molar-refractivity contribution in [3.8, 4) is 0 Å². The van der Waals surface area contributed by atoms with Crippen LogP contribution >= 0.6 is 0 Å². The van der Waals surface area contributed by atoms with E-state index >= 15 is 0 Å². The van der Waals surface area contributed by atoms with Gasteiger partial charge >= 0.3 is 0 Å². The molecule has 0 N–H and O–H groups in total. The molecule has 0 bridgehead atoms. The van der Waals surface area contributed by atoms with Crippen LogP contribution in [0.3, 0.4) is 0 Å². The molecule has 0 aromatic heterocycles. The molecule has 1 saturated carbocycles. The van der Waals surface area contributed by atoms with Crippen LogP contribution < -0.4 is 0 Å². The van der Waals surface area contributed by atoms with Gasteiger partial charge in [0, 0.05) is 0 Å². The minimum absolute atomic E-state index is 0.119. The van der Waals surface area contributed by atoms with Crippen LogP contribution in [0.1, 0.15) is 12.8 Å². The fraction of sp³-hybridized carbons (Fsp3) is 0.800. The minimum Gasteiger partial charge on any atom is -0.441 e. The monoisotopic (exact) mass is 116 g/mol. The van der Waals surface area contributed by atoms with E-state index in [-0.39, 0.29) is 6.79 Å². The van der Waals surface area contributed by atoms with Crippen molar-refractivity contribution in [2.45, 2.75) is 18.9 Å². The van der Waals surface area contributed by atoms with E-state index in [2.05, 4.69) is 4.74 Å². The Labute approximate surface area is 47.6 Å². The molecule has 1 fully saturated rings. The molecule has 0 aromatic carbocycles. The van der Waals surface area contributed by atoms with Crippen molar-refractivity contribution >= 4 is 6.47 Å². The molecule has 0 aromatic rings. The van der Waals surface area contributed by atoms with E-state index in [1.165, 1.54) is 0 Å². The summed E-state index contributed by atoms with van der Waals surface area (Å²) >= 11 is 0. The number of carbonyl (C=O) groups is 1. The molecule has 0 amide bonds. The minimum atomic E-state index is 0.119. The zero-order valence-electron chi connectivity index (χ0n) is 4.50. The van der Waals surface area contributed by atoms with Gasteiger partial charge in [-0.25, -0.2) is 0 Å². The highest BCUT2D eigenvalue weighted by Gasteiger charge is 2.21. The second kappa shape index (κ2) is 2.67. The molecule has 3 heteroatoms. The fourth-order valence-corrected chi connectivity index (χ4v) is 0.398. The zero-order chi connectivity index (χ0) is 5.82.